The first-order valence-electron chi connectivity index (χ1n) is 6.75. The molecule has 0 aliphatic rings. The van der Waals surface area contributed by atoms with Gasteiger partial charge in [0.05, 0.1) is 6.10 Å². The molecule has 0 saturated carbocycles. The summed E-state index contributed by atoms with van der Waals surface area (Å²) in [5.41, 5.74) is 0. The summed E-state index contributed by atoms with van der Waals surface area (Å²) < 4.78 is 5.12. The average molecular weight is 228 g/mol. The third-order valence-corrected chi connectivity index (χ3v) is 3.04. The van der Waals surface area contributed by atoms with Crippen LogP contribution in [0.4, 0.5) is 0 Å². The van der Waals surface area contributed by atoms with Gasteiger partial charge in [0, 0.05) is 20.0 Å². The quantitative estimate of drug-likeness (QED) is 0.497. The van der Waals surface area contributed by atoms with E-state index in [2.05, 4.69) is 6.92 Å². The van der Waals surface area contributed by atoms with E-state index in [0.29, 0.717) is 12.2 Å². The Balaban J connectivity index is 3.24. The van der Waals surface area contributed by atoms with Crippen LogP contribution in [-0.2, 0) is 9.53 Å². The topological polar surface area (TPSA) is 26.3 Å². The second kappa shape index (κ2) is 11.1. The maximum atomic E-state index is 11.5. The molecule has 96 valence electrons. The summed E-state index contributed by atoms with van der Waals surface area (Å²) in [7, 11) is 1.70. The first-order chi connectivity index (χ1) is 7.70. The molecule has 1 unspecified atom stereocenters. The molecule has 0 spiro atoms. The molecule has 0 radical (unpaired) electrons. The zero-order valence-electron chi connectivity index (χ0n) is 11.3. The molecule has 0 aliphatic carbocycles. The third-order valence-electron chi connectivity index (χ3n) is 3.04. The number of ketones is 1. The van der Waals surface area contributed by atoms with Crippen LogP contribution in [0, 0.1) is 0 Å². The van der Waals surface area contributed by atoms with E-state index >= 15 is 0 Å². The van der Waals surface area contributed by atoms with E-state index in [-0.39, 0.29) is 6.10 Å². The molecule has 0 N–H and O–H groups in total. The van der Waals surface area contributed by atoms with Crippen LogP contribution in [0.3, 0.4) is 0 Å². The SMILES string of the molecule is CCCCCCCCC(=O)CCC(C)OC. The molecule has 0 heterocycles. The Kier molecular flexibility index (Phi) is 10.9. The average Bonchev–Trinajstić information content (AvgIpc) is 2.30. The van der Waals surface area contributed by atoms with Crippen molar-refractivity contribution in [2.45, 2.75) is 77.7 Å². The minimum Gasteiger partial charge on any atom is -0.382 e. The summed E-state index contributed by atoms with van der Waals surface area (Å²) in [4.78, 5) is 11.5. The molecule has 1 atom stereocenters. The predicted octanol–water partition coefficient (Wildman–Crippen LogP) is 4.12. The van der Waals surface area contributed by atoms with Crippen molar-refractivity contribution >= 4 is 5.78 Å². The number of unbranched alkanes of at least 4 members (excludes halogenated alkanes) is 5. The lowest BCUT2D eigenvalue weighted by molar-refractivity contribution is -0.119. The van der Waals surface area contributed by atoms with Gasteiger partial charge in [-0.2, -0.15) is 0 Å². The van der Waals surface area contributed by atoms with Crippen molar-refractivity contribution in [3.63, 3.8) is 0 Å². The van der Waals surface area contributed by atoms with Crippen molar-refractivity contribution in [1.82, 2.24) is 0 Å². The van der Waals surface area contributed by atoms with Gasteiger partial charge in [-0.25, -0.2) is 0 Å². The highest BCUT2D eigenvalue weighted by Crippen LogP contribution is 2.09. The van der Waals surface area contributed by atoms with Crippen LogP contribution in [-0.4, -0.2) is 19.0 Å². The van der Waals surface area contributed by atoms with E-state index in [0.717, 1.165) is 19.3 Å². The smallest absolute Gasteiger partial charge is 0.133 e. The van der Waals surface area contributed by atoms with Crippen molar-refractivity contribution in [2.75, 3.05) is 7.11 Å². The standard InChI is InChI=1S/C14H28O2/c1-4-5-6-7-8-9-10-14(15)12-11-13(2)16-3/h13H,4-12H2,1-3H3. The van der Waals surface area contributed by atoms with Crippen molar-refractivity contribution < 1.29 is 9.53 Å². The minimum atomic E-state index is 0.216. The van der Waals surface area contributed by atoms with Crippen molar-refractivity contribution in [2.24, 2.45) is 0 Å². The molecule has 2 heteroatoms. The van der Waals surface area contributed by atoms with Gasteiger partial charge in [-0.05, 0) is 19.8 Å². The molecule has 16 heavy (non-hydrogen) atoms. The zero-order chi connectivity index (χ0) is 12.2. The fourth-order valence-corrected chi connectivity index (χ4v) is 1.71. The molecular weight excluding hydrogens is 200 g/mol. The van der Waals surface area contributed by atoms with Crippen molar-refractivity contribution in [3.05, 3.63) is 0 Å². The van der Waals surface area contributed by atoms with E-state index in [1.54, 1.807) is 7.11 Å². The molecule has 0 aromatic carbocycles. The van der Waals surface area contributed by atoms with E-state index in [1.165, 1.54) is 32.1 Å². The number of carbonyl (C=O) groups excluding carboxylic acids is 1. The van der Waals surface area contributed by atoms with Gasteiger partial charge in [0.15, 0.2) is 0 Å². The summed E-state index contributed by atoms with van der Waals surface area (Å²) in [6, 6.07) is 0. The lowest BCUT2D eigenvalue weighted by Gasteiger charge is -2.07. The number of methoxy groups -OCH3 is 1. The molecule has 0 saturated heterocycles. The van der Waals surface area contributed by atoms with Gasteiger partial charge in [0.2, 0.25) is 0 Å². The normalized spacial score (nSPS) is 12.7. The molecule has 0 aliphatic heterocycles. The van der Waals surface area contributed by atoms with E-state index in [4.69, 9.17) is 4.74 Å². The fraction of sp³-hybridized carbons (Fsp3) is 0.929. The van der Waals surface area contributed by atoms with Gasteiger partial charge in [0.25, 0.3) is 0 Å². The lowest BCUT2D eigenvalue weighted by atomic mass is 10.0. The Hall–Kier alpha value is -0.370. The van der Waals surface area contributed by atoms with E-state index in [9.17, 15) is 4.79 Å². The second-order valence-corrected chi connectivity index (χ2v) is 4.64. The molecule has 0 bridgehead atoms. The highest BCUT2D eigenvalue weighted by molar-refractivity contribution is 5.78. The number of rotatable bonds is 11. The number of hydrogen-bond donors (Lipinski definition) is 0. The number of hydrogen-bond acceptors (Lipinski definition) is 2. The van der Waals surface area contributed by atoms with Crippen LogP contribution in [0.25, 0.3) is 0 Å². The molecule has 0 amide bonds. The van der Waals surface area contributed by atoms with Crippen LogP contribution < -0.4 is 0 Å². The Morgan fingerprint density at radius 3 is 2.31 bits per heavy atom. The number of ether oxygens (including phenoxy) is 1. The van der Waals surface area contributed by atoms with Crippen LogP contribution in [0.15, 0.2) is 0 Å². The van der Waals surface area contributed by atoms with Gasteiger partial charge in [-0.1, -0.05) is 39.0 Å². The summed E-state index contributed by atoms with van der Waals surface area (Å²) in [6.45, 7) is 4.23. The number of Topliss-reactive ketones (excluding diaryl/α,β-unsaturated/α-hetero) is 1. The van der Waals surface area contributed by atoms with Gasteiger partial charge in [-0.15, -0.1) is 0 Å². The highest BCUT2D eigenvalue weighted by atomic mass is 16.5. The molecule has 0 rings (SSSR count). The number of carbonyl (C=O) groups is 1. The summed E-state index contributed by atoms with van der Waals surface area (Å²) in [6.07, 6.45) is 10.1. The van der Waals surface area contributed by atoms with Crippen molar-refractivity contribution in [1.29, 1.82) is 0 Å². The van der Waals surface area contributed by atoms with Crippen LogP contribution in [0.1, 0.15) is 71.6 Å². The van der Waals surface area contributed by atoms with Crippen LogP contribution >= 0.6 is 0 Å². The molecule has 0 aromatic heterocycles. The molecule has 0 fully saturated rings. The Morgan fingerprint density at radius 1 is 1.06 bits per heavy atom. The van der Waals surface area contributed by atoms with Crippen LogP contribution in [0.5, 0.6) is 0 Å². The van der Waals surface area contributed by atoms with E-state index in [1.807, 2.05) is 6.92 Å². The zero-order valence-corrected chi connectivity index (χ0v) is 11.3. The monoisotopic (exact) mass is 228 g/mol. The van der Waals surface area contributed by atoms with Gasteiger partial charge >= 0.3 is 0 Å². The molecular formula is C14H28O2. The molecule has 0 aromatic rings. The summed E-state index contributed by atoms with van der Waals surface area (Å²) >= 11 is 0. The van der Waals surface area contributed by atoms with Crippen LogP contribution in [0.2, 0.25) is 0 Å². The first kappa shape index (κ1) is 15.6. The van der Waals surface area contributed by atoms with Gasteiger partial charge in [0.1, 0.15) is 5.78 Å². The Labute approximate surface area is 101 Å². The van der Waals surface area contributed by atoms with Crippen molar-refractivity contribution in [3.8, 4) is 0 Å². The van der Waals surface area contributed by atoms with Gasteiger partial charge < -0.3 is 4.74 Å². The first-order valence-corrected chi connectivity index (χ1v) is 6.75. The van der Waals surface area contributed by atoms with E-state index < -0.39 is 0 Å². The lowest BCUT2D eigenvalue weighted by Crippen LogP contribution is -2.08. The fourth-order valence-electron chi connectivity index (χ4n) is 1.71. The Morgan fingerprint density at radius 2 is 1.69 bits per heavy atom. The largest absolute Gasteiger partial charge is 0.382 e. The summed E-state index contributed by atoms with van der Waals surface area (Å²) in [5, 5.41) is 0. The third kappa shape index (κ3) is 10.2. The Bertz CT molecular complexity index is 166. The maximum absolute atomic E-state index is 11.5. The second-order valence-electron chi connectivity index (χ2n) is 4.64. The minimum absolute atomic E-state index is 0.216. The van der Waals surface area contributed by atoms with Gasteiger partial charge in [-0.3, -0.25) is 4.79 Å². The maximum Gasteiger partial charge on any atom is 0.133 e. The molecule has 2 nitrogen and oxygen atoms in total. The summed E-state index contributed by atoms with van der Waals surface area (Å²) in [5.74, 6) is 0.402. The highest BCUT2D eigenvalue weighted by Gasteiger charge is 2.05. The predicted molar refractivity (Wildman–Crippen MR) is 68.7 cm³/mol.